The molecular weight excluding hydrogens is 310 g/mol. The Bertz CT molecular complexity index is 703. The number of hydrogen-bond acceptors (Lipinski definition) is 2. The van der Waals surface area contributed by atoms with E-state index in [1.807, 2.05) is 56.3 Å². The molecule has 0 radical (unpaired) electrons. The summed E-state index contributed by atoms with van der Waals surface area (Å²) in [7, 11) is 0. The number of ether oxygens (including phenoxy) is 1. The van der Waals surface area contributed by atoms with Crippen LogP contribution in [-0.4, -0.2) is 12.0 Å². The minimum Gasteiger partial charge on any atom is -0.491 e. The first-order valence-electron chi connectivity index (χ1n) is 9.19. The first-order chi connectivity index (χ1) is 12.1. The maximum absolute atomic E-state index is 13.1. The van der Waals surface area contributed by atoms with Gasteiger partial charge >= 0.3 is 0 Å². The quantitative estimate of drug-likeness (QED) is 0.836. The lowest BCUT2D eigenvalue weighted by molar-refractivity contribution is -0.126. The van der Waals surface area contributed by atoms with Crippen molar-refractivity contribution in [3.8, 4) is 5.75 Å². The van der Waals surface area contributed by atoms with Crippen molar-refractivity contribution < 1.29 is 9.53 Å². The normalized spacial score (nSPS) is 16.0. The van der Waals surface area contributed by atoms with Gasteiger partial charge in [0.1, 0.15) is 5.75 Å². The van der Waals surface area contributed by atoms with E-state index in [4.69, 9.17) is 4.74 Å². The molecule has 1 aliphatic rings. The first-order valence-corrected chi connectivity index (χ1v) is 9.19. The molecule has 1 aliphatic carbocycles. The lowest BCUT2D eigenvalue weighted by atomic mass is 9.78. The summed E-state index contributed by atoms with van der Waals surface area (Å²) in [4.78, 5) is 13.1. The van der Waals surface area contributed by atoms with Crippen molar-refractivity contribution in [2.45, 2.75) is 57.6 Å². The van der Waals surface area contributed by atoms with E-state index in [0.29, 0.717) is 6.54 Å². The van der Waals surface area contributed by atoms with Gasteiger partial charge in [-0.2, -0.15) is 0 Å². The fourth-order valence-electron chi connectivity index (χ4n) is 3.74. The molecule has 2 aromatic rings. The van der Waals surface area contributed by atoms with Crippen molar-refractivity contribution in [3.63, 3.8) is 0 Å². The van der Waals surface area contributed by atoms with E-state index in [1.165, 1.54) is 0 Å². The zero-order valence-electron chi connectivity index (χ0n) is 15.1. The second-order valence-electron chi connectivity index (χ2n) is 7.15. The highest BCUT2D eigenvalue weighted by molar-refractivity contribution is 5.88. The van der Waals surface area contributed by atoms with E-state index < -0.39 is 0 Å². The van der Waals surface area contributed by atoms with Crippen LogP contribution in [0.15, 0.2) is 54.6 Å². The summed E-state index contributed by atoms with van der Waals surface area (Å²) < 4.78 is 5.74. The zero-order chi connectivity index (χ0) is 17.7. The largest absolute Gasteiger partial charge is 0.491 e. The molecule has 1 fully saturated rings. The summed E-state index contributed by atoms with van der Waals surface area (Å²) in [6.45, 7) is 4.55. The second-order valence-corrected chi connectivity index (χ2v) is 7.15. The van der Waals surface area contributed by atoms with Gasteiger partial charge in [0.05, 0.1) is 11.5 Å². The van der Waals surface area contributed by atoms with Gasteiger partial charge in [0.25, 0.3) is 0 Å². The third kappa shape index (κ3) is 4.04. The molecule has 25 heavy (non-hydrogen) atoms. The molecule has 0 heterocycles. The third-order valence-corrected chi connectivity index (χ3v) is 4.94. The Kier molecular flexibility index (Phi) is 5.42. The summed E-state index contributed by atoms with van der Waals surface area (Å²) in [5.74, 6) is 0.992. The summed E-state index contributed by atoms with van der Waals surface area (Å²) in [6.07, 6.45) is 4.23. The summed E-state index contributed by atoms with van der Waals surface area (Å²) in [6, 6.07) is 18.2. The van der Waals surface area contributed by atoms with Gasteiger partial charge in [0.2, 0.25) is 5.91 Å². The number of rotatable bonds is 6. The monoisotopic (exact) mass is 337 g/mol. The molecule has 0 bridgehead atoms. The first kappa shape index (κ1) is 17.5. The fourth-order valence-corrected chi connectivity index (χ4v) is 3.74. The molecule has 1 N–H and O–H groups in total. The Morgan fingerprint density at radius 2 is 1.80 bits per heavy atom. The Morgan fingerprint density at radius 1 is 1.08 bits per heavy atom. The molecule has 3 nitrogen and oxygen atoms in total. The van der Waals surface area contributed by atoms with Gasteiger partial charge in [-0.3, -0.25) is 4.79 Å². The van der Waals surface area contributed by atoms with Gasteiger partial charge in [-0.15, -0.1) is 0 Å². The molecule has 3 heteroatoms. The average Bonchev–Trinajstić information content (AvgIpc) is 3.11. The maximum Gasteiger partial charge on any atom is 0.230 e. The maximum atomic E-state index is 13.1. The lowest BCUT2D eigenvalue weighted by Crippen LogP contribution is -2.42. The highest BCUT2D eigenvalue weighted by atomic mass is 16.5. The van der Waals surface area contributed by atoms with Gasteiger partial charge in [-0.25, -0.2) is 0 Å². The molecule has 0 atom stereocenters. The third-order valence-electron chi connectivity index (χ3n) is 4.94. The highest BCUT2D eigenvalue weighted by Crippen LogP contribution is 2.41. The van der Waals surface area contributed by atoms with Crippen LogP contribution in [0, 0.1) is 0 Å². The number of carbonyl (C=O) groups excluding carboxylic acids is 1. The van der Waals surface area contributed by atoms with Crippen LogP contribution in [0.4, 0.5) is 0 Å². The average molecular weight is 337 g/mol. The van der Waals surface area contributed by atoms with Crippen LogP contribution in [0.25, 0.3) is 0 Å². The molecule has 0 aromatic heterocycles. The van der Waals surface area contributed by atoms with E-state index >= 15 is 0 Å². The molecule has 2 aromatic carbocycles. The Hall–Kier alpha value is -2.29. The highest BCUT2D eigenvalue weighted by Gasteiger charge is 2.42. The van der Waals surface area contributed by atoms with Crippen LogP contribution >= 0.6 is 0 Å². The molecular formula is C22H27NO2. The van der Waals surface area contributed by atoms with E-state index in [2.05, 4.69) is 17.4 Å². The topological polar surface area (TPSA) is 38.3 Å². The number of nitrogens with one attached hydrogen (secondary N) is 1. The molecule has 0 saturated heterocycles. The minimum absolute atomic E-state index is 0.143. The lowest BCUT2D eigenvalue weighted by Gasteiger charge is -2.28. The Morgan fingerprint density at radius 3 is 2.48 bits per heavy atom. The predicted octanol–water partition coefficient (Wildman–Crippen LogP) is 4.60. The standard InChI is InChI=1S/C22H27NO2/c1-17(2)25-20-12-8-9-18(15-20)16-23-21(24)22(13-6-7-14-22)19-10-4-3-5-11-19/h3-5,8-12,15,17H,6-7,13-14,16H2,1-2H3,(H,23,24). The smallest absolute Gasteiger partial charge is 0.230 e. The van der Waals surface area contributed by atoms with Gasteiger partial charge in [0.15, 0.2) is 0 Å². The molecule has 0 aliphatic heterocycles. The summed E-state index contributed by atoms with van der Waals surface area (Å²) in [5.41, 5.74) is 1.84. The minimum atomic E-state index is -0.368. The van der Waals surface area contributed by atoms with Crippen LogP contribution in [-0.2, 0) is 16.8 Å². The van der Waals surface area contributed by atoms with Crippen molar-refractivity contribution in [2.24, 2.45) is 0 Å². The van der Waals surface area contributed by atoms with Crippen molar-refractivity contribution in [1.82, 2.24) is 5.32 Å². The van der Waals surface area contributed by atoms with Crippen molar-refractivity contribution >= 4 is 5.91 Å². The molecule has 132 valence electrons. The number of carbonyl (C=O) groups is 1. The summed E-state index contributed by atoms with van der Waals surface area (Å²) >= 11 is 0. The molecule has 3 rings (SSSR count). The van der Waals surface area contributed by atoms with Crippen molar-refractivity contribution in [3.05, 3.63) is 65.7 Å². The van der Waals surface area contributed by atoms with Gasteiger partial charge in [0, 0.05) is 6.54 Å². The number of benzene rings is 2. The number of amides is 1. The van der Waals surface area contributed by atoms with Crippen LogP contribution in [0.5, 0.6) is 5.75 Å². The molecule has 0 unspecified atom stereocenters. The Balaban J connectivity index is 1.71. The zero-order valence-corrected chi connectivity index (χ0v) is 15.1. The van der Waals surface area contributed by atoms with Crippen LogP contribution in [0.2, 0.25) is 0 Å². The van der Waals surface area contributed by atoms with E-state index in [-0.39, 0.29) is 17.4 Å². The molecule has 1 saturated carbocycles. The molecule has 0 spiro atoms. The van der Waals surface area contributed by atoms with Crippen LogP contribution in [0.3, 0.4) is 0 Å². The van der Waals surface area contributed by atoms with E-state index in [9.17, 15) is 4.79 Å². The van der Waals surface area contributed by atoms with Gasteiger partial charge in [-0.05, 0) is 49.9 Å². The van der Waals surface area contributed by atoms with Gasteiger partial charge < -0.3 is 10.1 Å². The van der Waals surface area contributed by atoms with Crippen molar-refractivity contribution in [1.29, 1.82) is 0 Å². The van der Waals surface area contributed by atoms with E-state index in [1.54, 1.807) is 0 Å². The number of hydrogen-bond donors (Lipinski definition) is 1. The van der Waals surface area contributed by atoms with Crippen molar-refractivity contribution in [2.75, 3.05) is 0 Å². The Labute approximate surface area is 150 Å². The van der Waals surface area contributed by atoms with Crippen LogP contribution < -0.4 is 10.1 Å². The predicted molar refractivity (Wildman–Crippen MR) is 101 cm³/mol. The fraction of sp³-hybridized carbons (Fsp3) is 0.409. The molecule has 1 amide bonds. The van der Waals surface area contributed by atoms with Crippen LogP contribution in [0.1, 0.15) is 50.7 Å². The summed E-state index contributed by atoms with van der Waals surface area (Å²) in [5, 5.41) is 3.17. The SMILES string of the molecule is CC(C)Oc1cccc(CNC(=O)C2(c3ccccc3)CCCC2)c1. The second kappa shape index (κ2) is 7.73. The van der Waals surface area contributed by atoms with Gasteiger partial charge in [-0.1, -0.05) is 55.3 Å². The van der Waals surface area contributed by atoms with E-state index in [0.717, 1.165) is 42.6 Å².